The van der Waals surface area contributed by atoms with E-state index >= 15 is 0 Å². The van der Waals surface area contributed by atoms with Crippen LogP contribution in [0.4, 0.5) is 136 Å². The molecule has 0 unspecified atom stereocenters. The van der Waals surface area contributed by atoms with Gasteiger partial charge in [0.2, 0.25) is 0 Å². The van der Waals surface area contributed by atoms with Crippen LogP contribution in [-0.4, -0.2) is 0 Å². The summed E-state index contributed by atoms with van der Waals surface area (Å²) in [6.45, 7) is 4.29. The van der Waals surface area contributed by atoms with Gasteiger partial charge in [-0.05, 0) is 316 Å². The Morgan fingerprint density at radius 1 is 0.0982 bits per heavy atom. The second-order valence-corrected chi connectivity index (χ2v) is 27.7. The Morgan fingerprint density at radius 3 is 0.312 bits per heavy atom. The van der Waals surface area contributed by atoms with E-state index in [4.69, 9.17) is 0 Å². The van der Waals surface area contributed by atoms with Gasteiger partial charge in [0.15, 0.2) is 0 Å². The second kappa shape index (κ2) is 32.7. The lowest BCUT2D eigenvalue weighted by atomic mass is 10.1. The fourth-order valence-electron chi connectivity index (χ4n) is 15.0. The van der Waals surface area contributed by atoms with Gasteiger partial charge in [0.05, 0.1) is 0 Å². The van der Waals surface area contributed by atoms with Gasteiger partial charge < -0.3 is 39.2 Å². The van der Waals surface area contributed by atoms with Crippen LogP contribution in [0.3, 0.4) is 0 Å². The van der Waals surface area contributed by atoms with E-state index < -0.39 is 0 Å². The molecule has 0 bridgehead atoms. The van der Waals surface area contributed by atoms with Crippen LogP contribution in [0.15, 0.2) is 461 Å². The zero-order valence-electron chi connectivity index (χ0n) is 62.5. The molecule has 0 saturated heterocycles. The average molecular weight is 1440 g/mol. The minimum absolute atomic E-state index is 1.03. The highest BCUT2D eigenvalue weighted by Crippen LogP contribution is 2.47. The predicted molar refractivity (Wildman–Crippen MR) is 473 cm³/mol. The molecule has 0 aliphatic rings. The summed E-state index contributed by atoms with van der Waals surface area (Å²) in [7, 11) is 0. The molecule has 0 saturated carbocycles. The summed E-state index contributed by atoms with van der Waals surface area (Å²) >= 11 is 0. The van der Waals surface area contributed by atoms with Gasteiger partial charge >= 0.3 is 0 Å². The molecule has 0 aliphatic carbocycles. The zero-order valence-corrected chi connectivity index (χ0v) is 62.5. The van der Waals surface area contributed by atoms with Gasteiger partial charge in [-0.2, -0.15) is 0 Å². The maximum absolute atomic E-state index is 2.33. The van der Waals surface area contributed by atoms with Crippen LogP contribution in [0.2, 0.25) is 0 Å². The third-order valence-electron chi connectivity index (χ3n) is 20.2. The van der Waals surface area contributed by atoms with Crippen molar-refractivity contribution in [1.82, 2.24) is 0 Å². The molecule has 0 spiro atoms. The average Bonchev–Trinajstić information content (AvgIpc) is 0.804. The molecule has 0 aliphatic heterocycles. The standard InChI is InChI=1S/C104H82N8/c1-79-29-27-47-103(77-79)111(87-43-23-9-24-44-87)101-73-69-99(70-74-101)109(85-39-19-7-20-40-85)97-65-61-95(62-66-97)107(83-35-15-5-16-36-83)93-57-53-91(54-58-93)105(81-31-11-3-12-32-81)89-49-51-90(52-50-89)106(82-33-13-4-14-34-82)92-55-59-94(60-56-92)108(84-37-17-6-18-38-84)96-63-67-98(68-64-96)110(86-41-21-8-22-42-86)100-71-75-102(76-72-100)112(88-45-25-10-26-46-88)104-48-28-30-80(2)78-104/h3-78H,1-2H3. The molecule has 17 aromatic carbocycles. The van der Waals surface area contributed by atoms with Gasteiger partial charge in [-0.15, -0.1) is 0 Å². The van der Waals surface area contributed by atoms with Crippen LogP contribution < -0.4 is 39.2 Å². The summed E-state index contributed by atoms with van der Waals surface area (Å²) < 4.78 is 0. The first kappa shape index (κ1) is 70.1. The molecule has 538 valence electrons. The molecule has 0 atom stereocenters. The molecule has 0 N–H and O–H groups in total. The summed E-state index contributed by atoms with van der Waals surface area (Å²) in [5, 5.41) is 0. The lowest BCUT2D eigenvalue weighted by molar-refractivity contribution is 1.23. The largest absolute Gasteiger partial charge is 0.311 e. The Labute approximate surface area is 657 Å². The van der Waals surface area contributed by atoms with Crippen LogP contribution in [-0.2, 0) is 0 Å². The van der Waals surface area contributed by atoms with Crippen molar-refractivity contribution in [2.75, 3.05) is 39.2 Å². The molecule has 17 aromatic rings. The van der Waals surface area contributed by atoms with E-state index in [0.717, 1.165) is 136 Å². The molecule has 8 nitrogen and oxygen atoms in total. The number of hydrogen-bond donors (Lipinski definition) is 0. The van der Waals surface area contributed by atoms with E-state index in [9.17, 15) is 0 Å². The highest BCUT2D eigenvalue weighted by molar-refractivity contribution is 5.89. The van der Waals surface area contributed by atoms with Crippen molar-refractivity contribution in [2.24, 2.45) is 0 Å². The topological polar surface area (TPSA) is 25.9 Å². The molecule has 0 heterocycles. The Hall–Kier alpha value is -14.9. The fraction of sp³-hybridized carbons (Fsp3) is 0.0192. The van der Waals surface area contributed by atoms with Crippen molar-refractivity contribution >= 4 is 136 Å². The molecular formula is C104H82N8. The van der Waals surface area contributed by atoms with Gasteiger partial charge in [0, 0.05) is 136 Å². The van der Waals surface area contributed by atoms with E-state index in [0.29, 0.717) is 0 Å². The Bertz CT molecular complexity index is 5490. The first-order chi connectivity index (χ1) is 55.4. The lowest BCUT2D eigenvalue weighted by Gasteiger charge is -2.30. The van der Waals surface area contributed by atoms with Crippen LogP contribution in [0, 0.1) is 13.8 Å². The van der Waals surface area contributed by atoms with Gasteiger partial charge in [0.25, 0.3) is 0 Å². The highest BCUT2D eigenvalue weighted by atomic mass is 15.2. The number of rotatable bonds is 24. The van der Waals surface area contributed by atoms with Crippen molar-refractivity contribution in [3.63, 3.8) is 0 Å². The predicted octanol–water partition coefficient (Wildman–Crippen LogP) is 30.1. The SMILES string of the molecule is Cc1cccc(N(c2ccccc2)c2ccc(N(c3ccccc3)c3ccc(N(c4ccccc4)c4ccc(N(c5ccccc5)c5ccc(N(c6ccccc6)c6ccc(N(c7ccccc7)c7ccc(N(c8ccccc8)c8ccc(N(c9ccccc9)c9cccc(C)c9)cc8)cc7)cc6)cc5)cc4)cc3)cc2)c1. The van der Waals surface area contributed by atoms with E-state index in [-0.39, 0.29) is 0 Å². The third-order valence-corrected chi connectivity index (χ3v) is 20.2. The minimum atomic E-state index is 1.03. The van der Waals surface area contributed by atoms with Gasteiger partial charge in [0.1, 0.15) is 0 Å². The van der Waals surface area contributed by atoms with Crippen molar-refractivity contribution in [1.29, 1.82) is 0 Å². The number of hydrogen-bond acceptors (Lipinski definition) is 8. The van der Waals surface area contributed by atoms with Crippen LogP contribution >= 0.6 is 0 Å². The molecule has 0 fully saturated rings. The van der Waals surface area contributed by atoms with E-state index in [2.05, 4.69) is 514 Å². The van der Waals surface area contributed by atoms with Crippen molar-refractivity contribution in [3.8, 4) is 0 Å². The quantitative estimate of drug-likeness (QED) is 0.0591. The van der Waals surface area contributed by atoms with Crippen LogP contribution in [0.1, 0.15) is 11.1 Å². The van der Waals surface area contributed by atoms with E-state index in [1.54, 1.807) is 0 Å². The van der Waals surface area contributed by atoms with Crippen molar-refractivity contribution in [2.45, 2.75) is 13.8 Å². The molecule has 0 radical (unpaired) electrons. The normalized spacial score (nSPS) is 10.9. The summed E-state index contributed by atoms with van der Waals surface area (Å²) in [4.78, 5) is 18.6. The second-order valence-electron chi connectivity index (χ2n) is 27.7. The van der Waals surface area contributed by atoms with Gasteiger partial charge in [-0.1, -0.05) is 170 Å². The van der Waals surface area contributed by atoms with Gasteiger partial charge in [-0.25, -0.2) is 0 Å². The first-order valence-electron chi connectivity index (χ1n) is 38.0. The summed E-state index contributed by atoms with van der Waals surface area (Å²) in [5.41, 5.74) is 27.7. The van der Waals surface area contributed by atoms with Crippen LogP contribution in [0.5, 0.6) is 0 Å². The zero-order chi connectivity index (χ0) is 75.4. The summed E-state index contributed by atoms with van der Waals surface area (Å²) in [6, 6.07) is 165. The first-order valence-corrected chi connectivity index (χ1v) is 38.0. The molecule has 8 heteroatoms. The maximum Gasteiger partial charge on any atom is 0.0464 e. The Balaban J connectivity index is 0.650. The Morgan fingerprint density at radius 2 is 0.196 bits per heavy atom. The highest BCUT2D eigenvalue weighted by Gasteiger charge is 2.24. The fourth-order valence-corrected chi connectivity index (χ4v) is 15.0. The van der Waals surface area contributed by atoms with Gasteiger partial charge in [-0.3, -0.25) is 0 Å². The van der Waals surface area contributed by atoms with E-state index in [1.165, 1.54) is 11.1 Å². The Kier molecular flexibility index (Phi) is 20.5. The van der Waals surface area contributed by atoms with E-state index in [1.807, 2.05) is 0 Å². The molecular weight excluding hydrogens is 1360 g/mol. The molecule has 0 aromatic heterocycles. The smallest absolute Gasteiger partial charge is 0.0464 e. The number of anilines is 24. The number of nitrogens with zero attached hydrogens (tertiary/aromatic N) is 8. The third kappa shape index (κ3) is 15.2. The lowest BCUT2D eigenvalue weighted by Crippen LogP contribution is -2.14. The van der Waals surface area contributed by atoms with Crippen LogP contribution in [0.25, 0.3) is 0 Å². The maximum atomic E-state index is 2.33. The molecule has 17 rings (SSSR count). The summed E-state index contributed by atoms with van der Waals surface area (Å²) in [6.07, 6.45) is 0. The number of para-hydroxylation sites is 8. The minimum Gasteiger partial charge on any atom is -0.311 e. The number of benzene rings is 17. The molecule has 112 heavy (non-hydrogen) atoms. The van der Waals surface area contributed by atoms with Crippen molar-refractivity contribution in [3.05, 3.63) is 472 Å². The molecule has 0 amide bonds. The summed E-state index contributed by atoms with van der Waals surface area (Å²) in [5.74, 6) is 0. The van der Waals surface area contributed by atoms with Crippen molar-refractivity contribution < 1.29 is 0 Å². The number of aryl methyl sites for hydroxylation is 2. The monoisotopic (exact) mass is 1440 g/mol.